The van der Waals surface area contributed by atoms with Gasteiger partial charge in [0.2, 0.25) is 0 Å². The summed E-state index contributed by atoms with van der Waals surface area (Å²) in [6, 6.07) is 16.4. The van der Waals surface area contributed by atoms with Crippen LogP contribution in [0.5, 0.6) is 11.5 Å². The Hall–Kier alpha value is -3.40. The smallest absolute Gasteiger partial charge is 0.163 e. The van der Waals surface area contributed by atoms with Gasteiger partial charge in [0.15, 0.2) is 5.75 Å². The fourth-order valence-corrected chi connectivity index (χ4v) is 2.61. The SMILES string of the molecule is C=C(/C=C/c1ccc(C)cc1)N[C@@H](C)c1cccc(Oc2cncnc2)c1. The highest BCUT2D eigenvalue weighted by Crippen LogP contribution is 2.24. The fraction of sp³-hybridized carbons (Fsp3) is 0.130. The highest BCUT2D eigenvalue weighted by Gasteiger charge is 2.07. The molecule has 27 heavy (non-hydrogen) atoms. The van der Waals surface area contributed by atoms with Crippen molar-refractivity contribution < 1.29 is 4.74 Å². The molecule has 0 saturated carbocycles. The van der Waals surface area contributed by atoms with Gasteiger partial charge in [-0.05, 0) is 43.2 Å². The number of allylic oxidation sites excluding steroid dienone is 1. The summed E-state index contributed by atoms with van der Waals surface area (Å²) in [7, 11) is 0. The van der Waals surface area contributed by atoms with E-state index in [1.165, 1.54) is 11.9 Å². The number of benzene rings is 2. The number of hydrogen-bond donors (Lipinski definition) is 1. The average Bonchev–Trinajstić information content (AvgIpc) is 2.68. The zero-order valence-electron chi connectivity index (χ0n) is 15.6. The standard InChI is InChI=1S/C23H23N3O/c1-17-7-10-20(11-8-17)12-9-18(2)26-19(3)21-5-4-6-22(13-21)27-23-14-24-16-25-15-23/h4-16,19,26H,2H2,1,3H3/b12-9+/t19-/m0/s1. The first-order valence-corrected chi connectivity index (χ1v) is 8.83. The van der Waals surface area contributed by atoms with Crippen LogP contribution in [0.1, 0.15) is 29.7 Å². The highest BCUT2D eigenvalue weighted by molar-refractivity contribution is 5.52. The van der Waals surface area contributed by atoms with Crippen LogP contribution in [0.3, 0.4) is 0 Å². The first kappa shape index (κ1) is 18.4. The number of aromatic nitrogens is 2. The van der Waals surface area contributed by atoms with E-state index < -0.39 is 0 Å². The number of aryl methyl sites for hydroxylation is 1. The molecule has 0 unspecified atom stereocenters. The van der Waals surface area contributed by atoms with E-state index in [9.17, 15) is 0 Å². The molecule has 1 N–H and O–H groups in total. The number of hydrogen-bond acceptors (Lipinski definition) is 4. The molecule has 4 nitrogen and oxygen atoms in total. The number of ether oxygens (including phenoxy) is 1. The van der Waals surface area contributed by atoms with Crippen LogP contribution in [-0.4, -0.2) is 9.97 Å². The minimum Gasteiger partial charge on any atom is -0.454 e. The van der Waals surface area contributed by atoms with Crippen LogP contribution >= 0.6 is 0 Å². The summed E-state index contributed by atoms with van der Waals surface area (Å²) < 4.78 is 5.80. The number of nitrogens with zero attached hydrogens (tertiary/aromatic N) is 2. The van der Waals surface area contributed by atoms with Gasteiger partial charge in [-0.15, -0.1) is 0 Å². The van der Waals surface area contributed by atoms with E-state index in [4.69, 9.17) is 4.74 Å². The second-order valence-electron chi connectivity index (χ2n) is 6.38. The molecule has 1 heterocycles. The minimum absolute atomic E-state index is 0.0933. The Balaban J connectivity index is 1.61. The molecular formula is C23H23N3O. The van der Waals surface area contributed by atoms with Gasteiger partial charge in [0.1, 0.15) is 12.1 Å². The molecule has 0 bridgehead atoms. The molecule has 0 radical (unpaired) electrons. The number of rotatable bonds is 7. The van der Waals surface area contributed by atoms with E-state index >= 15 is 0 Å². The van der Waals surface area contributed by atoms with E-state index in [-0.39, 0.29) is 6.04 Å². The summed E-state index contributed by atoms with van der Waals surface area (Å²) >= 11 is 0. The van der Waals surface area contributed by atoms with Crippen molar-refractivity contribution in [2.75, 3.05) is 0 Å². The van der Waals surface area contributed by atoms with Gasteiger partial charge in [0, 0.05) is 11.7 Å². The topological polar surface area (TPSA) is 47.0 Å². The Morgan fingerprint density at radius 3 is 2.56 bits per heavy atom. The largest absolute Gasteiger partial charge is 0.454 e. The van der Waals surface area contributed by atoms with Crippen molar-refractivity contribution >= 4 is 6.08 Å². The van der Waals surface area contributed by atoms with Crippen molar-refractivity contribution in [3.63, 3.8) is 0 Å². The quantitative estimate of drug-likeness (QED) is 0.571. The van der Waals surface area contributed by atoms with Crippen LogP contribution in [-0.2, 0) is 0 Å². The molecule has 0 aliphatic heterocycles. The summed E-state index contributed by atoms with van der Waals surface area (Å²) in [6.07, 6.45) is 8.79. The van der Waals surface area contributed by atoms with E-state index in [1.807, 2.05) is 24.3 Å². The first-order valence-electron chi connectivity index (χ1n) is 8.83. The minimum atomic E-state index is 0.0933. The fourth-order valence-electron chi connectivity index (χ4n) is 2.61. The van der Waals surface area contributed by atoms with Crippen molar-refractivity contribution in [3.05, 3.63) is 102 Å². The third-order valence-electron chi connectivity index (χ3n) is 4.09. The van der Waals surface area contributed by atoms with Crippen LogP contribution in [0.2, 0.25) is 0 Å². The van der Waals surface area contributed by atoms with Crippen molar-refractivity contribution in [1.82, 2.24) is 15.3 Å². The molecular weight excluding hydrogens is 334 g/mol. The number of nitrogens with one attached hydrogen (secondary N) is 1. The van der Waals surface area contributed by atoms with Gasteiger partial charge in [-0.2, -0.15) is 0 Å². The van der Waals surface area contributed by atoms with E-state index in [1.54, 1.807) is 12.4 Å². The summed E-state index contributed by atoms with van der Waals surface area (Å²) in [5.41, 5.74) is 4.36. The van der Waals surface area contributed by atoms with Gasteiger partial charge >= 0.3 is 0 Å². The molecule has 4 heteroatoms. The van der Waals surface area contributed by atoms with Gasteiger partial charge in [-0.3, -0.25) is 0 Å². The summed E-state index contributed by atoms with van der Waals surface area (Å²) in [4.78, 5) is 7.92. The zero-order valence-corrected chi connectivity index (χ0v) is 15.6. The van der Waals surface area contributed by atoms with E-state index in [0.29, 0.717) is 5.75 Å². The van der Waals surface area contributed by atoms with Crippen LogP contribution in [0.4, 0.5) is 0 Å². The molecule has 0 spiro atoms. The highest BCUT2D eigenvalue weighted by atomic mass is 16.5. The van der Waals surface area contributed by atoms with Crippen molar-refractivity contribution in [2.24, 2.45) is 0 Å². The summed E-state index contributed by atoms with van der Waals surface area (Å²) in [6.45, 7) is 8.27. The van der Waals surface area contributed by atoms with Crippen LogP contribution in [0.25, 0.3) is 6.08 Å². The summed E-state index contributed by atoms with van der Waals surface area (Å²) in [5, 5.41) is 3.41. The average molecular weight is 357 g/mol. The molecule has 1 atom stereocenters. The Morgan fingerprint density at radius 1 is 1.07 bits per heavy atom. The molecule has 3 aromatic rings. The van der Waals surface area contributed by atoms with Gasteiger partial charge in [0.05, 0.1) is 12.4 Å². The predicted molar refractivity (Wildman–Crippen MR) is 109 cm³/mol. The lowest BCUT2D eigenvalue weighted by Gasteiger charge is -2.16. The predicted octanol–water partition coefficient (Wildman–Crippen LogP) is 5.46. The van der Waals surface area contributed by atoms with Crippen LogP contribution in [0, 0.1) is 6.92 Å². The molecule has 0 fully saturated rings. The molecule has 2 aromatic carbocycles. The van der Waals surface area contributed by atoms with Crippen molar-refractivity contribution in [3.8, 4) is 11.5 Å². The maximum Gasteiger partial charge on any atom is 0.163 e. The lowest BCUT2D eigenvalue weighted by atomic mass is 10.1. The zero-order chi connectivity index (χ0) is 19.1. The van der Waals surface area contributed by atoms with Gasteiger partial charge < -0.3 is 10.1 Å². The monoisotopic (exact) mass is 357 g/mol. The third kappa shape index (κ3) is 5.54. The Morgan fingerprint density at radius 2 is 1.81 bits per heavy atom. The molecule has 136 valence electrons. The van der Waals surface area contributed by atoms with Crippen LogP contribution in [0.15, 0.2) is 85.6 Å². The maximum atomic E-state index is 5.80. The lowest BCUT2D eigenvalue weighted by Crippen LogP contribution is -2.16. The van der Waals surface area contributed by atoms with E-state index in [2.05, 4.69) is 72.1 Å². The Kier molecular flexibility index (Phi) is 6.00. The second kappa shape index (κ2) is 8.81. The Labute approximate surface area is 160 Å². The van der Waals surface area contributed by atoms with Gasteiger partial charge in [-0.25, -0.2) is 9.97 Å². The Bertz CT molecular complexity index is 918. The molecule has 0 aliphatic carbocycles. The maximum absolute atomic E-state index is 5.80. The second-order valence-corrected chi connectivity index (χ2v) is 6.38. The molecule has 0 aliphatic rings. The van der Waals surface area contributed by atoms with Gasteiger partial charge in [-0.1, -0.05) is 54.6 Å². The molecule has 0 saturated heterocycles. The third-order valence-corrected chi connectivity index (χ3v) is 4.09. The van der Waals surface area contributed by atoms with Crippen LogP contribution < -0.4 is 10.1 Å². The van der Waals surface area contributed by atoms with Gasteiger partial charge in [0.25, 0.3) is 0 Å². The van der Waals surface area contributed by atoms with Crippen molar-refractivity contribution in [2.45, 2.75) is 19.9 Å². The molecule has 3 rings (SSSR count). The lowest BCUT2D eigenvalue weighted by molar-refractivity contribution is 0.475. The van der Waals surface area contributed by atoms with Crippen molar-refractivity contribution in [1.29, 1.82) is 0 Å². The normalized spacial score (nSPS) is 11.9. The van der Waals surface area contributed by atoms with E-state index in [0.717, 1.165) is 22.6 Å². The molecule has 1 aromatic heterocycles. The molecule has 0 amide bonds. The first-order chi connectivity index (χ1) is 13.1. The summed E-state index contributed by atoms with van der Waals surface area (Å²) in [5.74, 6) is 1.36.